The monoisotopic (exact) mass is 263 g/mol. The normalized spacial score (nSPS) is 10.6. The second-order valence-corrected chi connectivity index (χ2v) is 4.96. The standard InChI is InChI=1S/C13H14FN3S/c1-9-3-5-16-13(17-9)18-12-7-10(2-4-15)6-11(14)8-12/h3,5-8H,2,4,15H2,1H3. The Morgan fingerprint density at radius 3 is 2.89 bits per heavy atom. The molecule has 3 nitrogen and oxygen atoms in total. The molecule has 2 rings (SSSR count). The summed E-state index contributed by atoms with van der Waals surface area (Å²) in [5, 5.41) is 0.624. The van der Waals surface area contributed by atoms with Crippen LogP contribution in [0.1, 0.15) is 11.3 Å². The molecule has 1 heterocycles. The Morgan fingerprint density at radius 1 is 1.33 bits per heavy atom. The van der Waals surface area contributed by atoms with E-state index in [-0.39, 0.29) is 5.82 Å². The topological polar surface area (TPSA) is 51.8 Å². The molecule has 0 atom stereocenters. The highest BCUT2D eigenvalue weighted by Crippen LogP contribution is 2.26. The van der Waals surface area contributed by atoms with Gasteiger partial charge < -0.3 is 5.73 Å². The number of rotatable bonds is 4. The van der Waals surface area contributed by atoms with Crippen molar-refractivity contribution in [1.82, 2.24) is 9.97 Å². The van der Waals surface area contributed by atoms with E-state index < -0.39 is 0 Å². The van der Waals surface area contributed by atoms with Crippen molar-refractivity contribution < 1.29 is 4.39 Å². The average Bonchev–Trinajstić information content (AvgIpc) is 2.28. The molecule has 0 amide bonds. The van der Waals surface area contributed by atoms with E-state index in [1.54, 1.807) is 6.20 Å². The van der Waals surface area contributed by atoms with E-state index in [4.69, 9.17) is 5.73 Å². The van der Waals surface area contributed by atoms with E-state index in [2.05, 4.69) is 9.97 Å². The molecule has 0 bridgehead atoms. The molecule has 0 radical (unpaired) electrons. The van der Waals surface area contributed by atoms with E-state index in [1.807, 2.05) is 19.1 Å². The lowest BCUT2D eigenvalue weighted by atomic mass is 10.1. The molecule has 18 heavy (non-hydrogen) atoms. The highest BCUT2D eigenvalue weighted by molar-refractivity contribution is 7.99. The molecule has 0 aliphatic rings. The van der Waals surface area contributed by atoms with Gasteiger partial charge in [-0.1, -0.05) is 0 Å². The van der Waals surface area contributed by atoms with Gasteiger partial charge in [0.1, 0.15) is 5.82 Å². The van der Waals surface area contributed by atoms with Crippen LogP contribution in [0.2, 0.25) is 0 Å². The molecule has 0 unspecified atom stereocenters. The van der Waals surface area contributed by atoms with Gasteiger partial charge in [0.05, 0.1) is 0 Å². The van der Waals surface area contributed by atoms with Crippen LogP contribution in [-0.2, 0) is 6.42 Å². The van der Waals surface area contributed by atoms with Crippen molar-refractivity contribution in [2.75, 3.05) is 6.54 Å². The Morgan fingerprint density at radius 2 is 2.17 bits per heavy atom. The first kappa shape index (κ1) is 13.0. The van der Waals surface area contributed by atoms with Gasteiger partial charge in [0, 0.05) is 16.8 Å². The minimum Gasteiger partial charge on any atom is -0.330 e. The lowest BCUT2D eigenvalue weighted by molar-refractivity contribution is 0.621. The predicted octanol–water partition coefficient (Wildman–Crippen LogP) is 2.58. The molecule has 1 aromatic heterocycles. The number of hydrogen-bond acceptors (Lipinski definition) is 4. The number of aromatic nitrogens is 2. The van der Waals surface area contributed by atoms with Crippen LogP contribution >= 0.6 is 11.8 Å². The first-order valence-corrected chi connectivity index (χ1v) is 6.46. The average molecular weight is 263 g/mol. The second kappa shape index (κ2) is 5.93. The van der Waals surface area contributed by atoms with Crippen molar-refractivity contribution in [3.05, 3.63) is 47.5 Å². The van der Waals surface area contributed by atoms with Gasteiger partial charge in [-0.3, -0.25) is 0 Å². The largest absolute Gasteiger partial charge is 0.330 e. The molecule has 2 aromatic rings. The fourth-order valence-electron chi connectivity index (χ4n) is 1.57. The molecule has 0 fully saturated rings. The van der Waals surface area contributed by atoms with E-state index in [1.165, 1.54) is 23.9 Å². The Labute approximate surface area is 110 Å². The summed E-state index contributed by atoms with van der Waals surface area (Å²) in [6.45, 7) is 2.41. The van der Waals surface area contributed by atoms with Crippen LogP contribution < -0.4 is 5.73 Å². The van der Waals surface area contributed by atoms with Crippen LogP contribution in [-0.4, -0.2) is 16.5 Å². The van der Waals surface area contributed by atoms with Crippen molar-refractivity contribution in [1.29, 1.82) is 0 Å². The highest BCUT2D eigenvalue weighted by atomic mass is 32.2. The predicted molar refractivity (Wildman–Crippen MR) is 70.1 cm³/mol. The smallest absolute Gasteiger partial charge is 0.192 e. The molecule has 0 aliphatic carbocycles. The SMILES string of the molecule is Cc1ccnc(Sc2cc(F)cc(CCN)c2)n1. The number of hydrogen-bond donors (Lipinski definition) is 1. The quantitative estimate of drug-likeness (QED) is 0.861. The van der Waals surface area contributed by atoms with Gasteiger partial charge in [0.2, 0.25) is 0 Å². The molecule has 1 aromatic carbocycles. The lowest BCUT2D eigenvalue weighted by Crippen LogP contribution is -2.03. The third-order valence-corrected chi connectivity index (χ3v) is 3.20. The molecule has 2 N–H and O–H groups in total. The third-order valence-electron chi connectivity index (χ3n) is 2.35. The first-order chi connectivity index (χ1) is 8.67. The maximum Gasteiger partial charge on any atom is 0.192 e. The van der Waals surface area contributed by atoms with Gasteiger partial charge in [-0.05, 0) is 61.5 Å². The summed E-state index contributed by atoms with van der Waals surface area (Å²) in [5.41, 5.74) is 7.27. The Kier molecular flexibility index (Phi) is 4.28. The van der Waals surface area contributed by atoms with Crippen LogP contribution in [0.5, 0.6) is 0 Å². The van der Waals surface area contributed by atoms with Gasteiger partial charge >= 0.3 is 0 Å². The van der Waals surface area contributed by atoms with Gasteiger partial charge in [-0.2, -0.15) is 0 Å². The number of halogens is 1. The van der Waals surface area contributed by atoms with Crippen LogP contribution in [0.25, 0.3) is 0 Å². The van der Waals surface area contributed by atoms with E-state index in [0.717, 1.165) is 16.2 Å². The zero-order valence-corrected chi connectivity index (χ0v) is 10.9. The highest BCUT2D eigenvalue weighted by Gasteiger charge is 2.05. The van der Waals surface area contributed by atoms with Crippen molar-refractivity contribution in [2.24, 2.45) is 5.73 Å². The molecular formula is C13H14FN3S. The fourth-order valence-corrected chi connectivity index (χ4v) is 2.47. The van der Waals surface area contributed by atoms with Gasteiger partial charge in [-0.25, -0.2) is 14.4 Å². The summed E-state index contributed by atoms with van der Waals surface area (Å²) in [7, 11) is 0. The zero-order valence-electron chi connectivity index (χ0n) is 10.1. The number of benzene rings is 1. The third kappa shape index (κ3) is 3.51. The molecular weight excluding hydrogens is 249 g/mol. The Bertz CT molecular complexity index is 546. The summed E-state index contributed by atoms with van der Waals surface area (Å²) >= 11 is 1.35. The van der Waals surface area contributed by atoms with Crippen LogP contribution in [0, 0.1) is 12.7 Å². The molecule has 0 saturated carbocycles. The Balaban J connectivity index is 2.23. The first-order valence-electron chi connectivity index (χ1n) is 5.64. The summed E-state index contributed by atoms with van der Waals surface area (Å²) in [6, 6.07) is 6.74. The number of aryl methyl sites for hydroxylation is 1. The molecule has 0 saturated heterocycles. The second-order valence-electron chi connectivity index (χ2n) is 3.92. The van der Waals surface area contributed by atoms with Gasteiger partial charge in [0.15, 0.2) is 5.16 Å². The van der Waals surface area contributed by atoms with E-state index in [9.17, 15) is 4.39 Å². The minimum absolute atomic E-state index is 0.254. The molecule has 0 aliphatic heterocycles. The van der Waals surface area contributed by atoms with Gasteiger partial charge in [-0.15, -0.1) is 0 Å². The summed E-state index contributed by atoms with van der Waals surface area (Å²) in [4.78, 5) is 9.22. The van der Waals surface area contributed by atoms with Crippen LogP contribution in [0.15, 0.2) is 40.5 Å². The van der Waals surface area contributed by atoms with E-state index >= 15 is 0 Å². The molecule has 94 valence electrons. The number of nitrogens with zero attached hydrogens (tertiary/aromatic N) is 2. The van der Waals surface area contributed by atoms with E-state index in [0.29, 0.717) is 18.1 Å². The molecule has 5 heteroatoms. The van der Waals surface area contributed by atoms with Crippen molar-refractivity contribution >= 4 is 11.8 Å². The fraction of sp³-hybridized carbons (Fsp3) is 0.231. The maximum absolute atomic E-state index is 13.4. The van der Waals surface area contributed by atoms with Crippen LogP contribution in [0.3, 0.4) is 0 Å². The van der Waals surface area contributed by atoms with Crippen LogP contribution in [0.4, 0.5) is 4.39 Å². The van der Waals surface area contributed by atoms with Crippen molar-refractivity contribution in [3.8, 4) is 0 Å². The summed E-state index contributed by atoms with van der Waals surface area (Å²) < 4.78 is 13.4. The lowest BCUT2D eigenvalue weighted by Gasteiger charge is -2.04. The summed E-state index contributed by atoms with van der Waals surface area (Å²) in [5.74, 6) is -0.254. The zero-order chi connectivity index (χ0) is 13.0. The van der Waals surface area contributed by atoms with Crippen molar-refractivity contribution in [3.63, 3.8) is 0 Å². The minimum atomic E-state index is -0.254. The summed E-state index contributed by atoms with van der Waals surface area (Å²) in [6.07, 6.45) is 2.37. The number of nitrogens with two attached hydrogens (primary N) is 1. The van der Waals surface area contributed by atoms with Gasteiger partial charge in [0.25, 0.3) is 0 Å². The van der Waals surface area contributed by atoms with Crippen molar-refractivity contribution in [2.45, 2.75) is 23.4 Å². The maximum atomic E-state index is 13.4. The Hall–Kier alpha value is -1.46. The molecule has 0 spiro atoms.